The van der Waals surface area contributed by atoms with E-state index in [1.165, 1.54) is 0 Å². The molecule has 0 aliphatic carbocycles. The molecule has 1 saturated heterocycles. The lowest BCUT2D eigenvalue weighted by atomic mass is 10.1. The second-order valence-corrected chi connectivity index (χ2v) is 5.46. The van der Waals surface area contributed by atoms with Crippen molar-refractivity contribution in [2.24, 2.45) is 0 Å². The summed E-state index contributed by atoms with van der Waals surface area (Å²) in [6, 6.07) is 9.63. The number of hydrogen-bond donors (Lipinski definition) is 2. The van der Waals surface area contributed by atoms with Crippen LogP contribution in [0.5, 0.6) is 0 Å². The van der Waals surface area contributed by atoms with E-state index >= 15 is 0 Å². The van der Waals surface area contributed by atoms with E-state index in [0.29, 0.717) is 6.54 Å². The molecular formula is C16H23N3O3. The van der Waals surface area contributed by atoms with Gasteiger partial charge in [0.25, 0.3) is 5.91 Å². The van der Waals surface area contributed by atoms with Crippen molar-refractivity contribution in [3.63, 3.8) is 0 Å². The standard InChI is InChI=1S/C16H23N3O3/c1-3-13-9-10-19(2)15(20)14(17-13)18-16(21)22-11-12-7-5-4-6-8-12/h4-8,13-14,17H,3,9-11H2,1-2H3,(H,18,21)/t13?,14-/m0/s1. The van der Waals surface area contributed by atoms with Gasteiger partial charge in [-0.05, 0) is 18.4 Å². The first-order valence-electron chi connectivity index (χ1n) is 7.58. The third-order valence-electron chi connectivity index (χ3n) is 3.81. The van der Waals surface area contributed by atoms with Gasteiger partial charge in [0.2, 0.25) is 0 Å². The highest BCUT2D eigenvalue weighted by molar-refractivity contribution is 5.85. The third-order valence-corrected chi connectivity index (χ3v) is 3.81. The normalized spacial score (nSPS) is 22.1. The maximum atomic E-state index is 12.2. The van der Waals surface area contributed by atoms with Crippen molar-refractivity contribution in [1.29, 1.82) is 0 Å². The summed E-state index contributed by atoms with van der Waals surface area (Å²) in [6.45, 7) is 2.92. The Bertz CT molecular complexity index is 507. The average molecular weight is 305 g/mol. The predicted molar refractivity (Wildman–Crippen MR) is 83.0 cm³/mol. The average Bonchev–Trinajstić information content (AvgIpc) is 2.67. The fourth-order valence-corrected chi connectivity index (χ4v) is 2.38. The fraction of sp³-hybridized carbons (Fsp3) is 0.500. The number of hydrogen-bond acceptors (Lipinski definition) is 4. The van der Waals surface area contributed by atoms with E-state index in [9.17, 15) is 9.59 Å². The van der Waals surface area contributed by atoms with Crippen LogP contribution < -0.4 is 10.6 Å². The number of carbonyl (C=O) groups excluding carboxylic acids is 2. The van der Waals surface area contributed by atoms with E-state index in [-0.39, 0.29) is 18.6 Å². The number of nitrogens with one attached hydrogen (secondary N) is 2. The van der Waals surface area contributed by atoms with E-state index in [1.54, 1.807) is 11.9 Å². The quantitative estimate of drug-likeness (QED) is 0.884. The Labute approximate surface area is 130 Å². The highest BCUT2D eigenvalue weighted by Gasteiger charge is 2.29. The molecule has 2 amide bonds. The highest BCUT2D eigenvalue weighted by Crippen LogP contribution is 2.07. The summed E-state index contributed by atoms with van der Waals surface area (Å²) in [5, 5.41) is 5.78. The molecule has 1 aromatic carbocycles. The van der Waals surface area contributed by atoms with Crippen molar-refractivity contribution >= 4 is 12.0 Å². The maximum absolute atomic E-state index is 12.2. The molecule has 0 aromatic heterocycles. The summed E-state index contributed by atoms with van der Waals surface area (Å²) >= 11 is 0. The van der Waals surface area contributed by atoms with Gasteiger partial charge in [-0.25, -0.2) is 4.79 Å². The van der Waals surface area contributed by atoms with Gasteiger partial charge in [0.05, 0.1) is 0 Å². The Hall–Kier alpha value is -2.08. The van der Waals surface area contributed by atoms with Crippen molar-refractivity contribution in [3.8, 4) is 0 Å². The molecule has 2 N–H and O–H groups in total. The number of alkyl carbamates (subject to hydrolysis) is 1. The summed E-state index contributed by atoms with van der Waals surface area (Å²) in [6.07, 6.45) is 0.439. The highest BCUT2D eigenvalue weighted by atomic mass is 16.5. The number of ether oxygens (including phenoxy) is 1. The molecule has 0 radical (unpaired) electrons. The molecule has 1 heterocycles. The molecule has 1 aliphatic heterocycles. The SMILES string of the molecule is CCC1CCN(C)C(=O)[C@H](NC(=O)OCc2ccccc2)N1. The van der Waals surface area contributed by atoms with Crippen LogP contribution >= 0.6 is 0 Å². The Balaban J connectivity index is 1.89. The predicted octanol–water partition coefficient (Wildman–Crippen LogP) is 1.47. The zero-order chi connectivity index (χ0) is 15.9. The number of amides is 2. The Morgan fingerprint density at radius 2 is 2.14 bits per heavy atom. The van der Waals surface area contributed by atoms with E-state index in [2.05, 4.69) is 17.6 Å². The van der Waals surface area contributed by atoms with Gasteiger partial charge in [-0.2, -0.15) is 0 Å². The lowest BCUT2D eigenvalue weighted by molar-refractivity contribution is -0.132. The first-order chi connectivity index (χ1) is 10.6. The minimum atomic E-state index is -0.735. The Kier molecular flexibility index (Phi) is 5.77. The first-order valence-corrected chi connectivity index (χ1v) is 7.58. The van der Waals surface area contributed by atoms with E-state index < -0.39 is 12.3 Å². The van der Waals surface area contributed by atoms with Crippen LogP contribution in [-0.4, -0.2) is 42.7 Å². The van der Waals surface area contributed by atoms with Gasteiger partial charge in [-0.15, -0.1) is 0 Å². The minimum absolute atomic E-state index is 0.146. The summed E-state index contributed by atoms with van der Waals surface area (Å²) in [5.41, 5.74) is 0.904. The van der Waals surface area contributed by atoms with Crippen molar-refractivity contribution in [2.75, 3.05) is 13.6 Å². The molecule has 0 saturated carbocycles. The second-order valence-electron chi connectivity index (χ2n) is 5.46. The summed E-state index contributed by atoms with van der Waals surface area (Å²) in [5.74, 6) is -0.146. The second kappa shape index (κ2) is 7.79. The number of benzene rings is 1. The van der Waals surface area contributed by atoms with Crippen LogP contribution in [0.4, 0.5) is 4.79 Å². The smallest absolute Gasteiger partial charge is 0.409 e. The molecular weight excluding hydrogens is 282 g/mol. The molecule has 2 atom stereocenters. The van der Waals surface area contributed by atoms with Crippen LogP contribution in [0.2, 0.25) is 0 Å². The molecule has 1 aromatic rings. The summed E-state index contributed by atoms with van der Waals surface area (Å²) < 4.78 is 5.16. The molecule has 1 unspecified atom stereocenters. The molecule has 2 rings (SSSR count). The zero-order valence-corrected chi connectivity index (χ0v) is 13.0. The Morgan fingerprint density at radius 3 is 2.82 bits per heavy atom. The zero-order valence-electron chi connectivity index (χ0n) is 13.0. The number of likely N-dealkylation sites (N-methyl/N-ethyl adjacent to an activating group) is 1. The fourth-order valence-electron chi connectivity index (χ4n) is 2.38. The monoisotopic (exact) mass is 305 g/mol. The van der Waals surface area contributed by atoms with Gasteiger partial charge >= 0.3 is 6.09 Å². The van der Waals surface area contributed by atoms with Gasteiger partial charge < -0.3 is 9.64 Å². The Morgan fingerprint density at radius 1 is 1.41 bits per heavy atom. The molecule has 22 heavy (non-hydrogen) atoms. The van der Waals surface area contributed by atoms with E-state index in [1.807, 2.05) is 30.3 Å². The van der Waals surface area contributed by atoms with Crippen LogP contribution in [0.3, 0.4) is 0 Å². The van der Waals surface area contributed by atoms with Crippen molar-refractivity contribution < 1.29 is 14.3 Å². The van der Waals surface area contributed by atoms with Crippen molar-refractivity contribution in [2.45, 2.75) is 38.6 Å². The lowest BCUT2D eigenvalue weighted by Gasteiger charge is -2.22. The molecule has 1 fully saturated rings. The molecule has 0 bridgehead atoms. The van der Waals surface area contributed by atoms with Gasteiger partial charge in [-0.1, -0.05) is 37.3 Å². The molecule has 6 nitrogen and oxygen atoms in total. The van der Waals surface area contributed by atoms with Crippen LogP contribution in [0.15, 0.2) is 30.3 Å². The van der Waals surface area contributed by atoms with Gasteiger partial charge in [-0.3, -0.25) is 15.4 Å². The van der Waals surface area contributed by atoms with Crippen LogP contribution in [0.25, 0.3) is 0 Å². The van der Waals surface area contributed by atoms with Gasteiger partial charge in [0, 0.05) is 19.6 Å². The molecule has 1 aliphatic rings. The largest absolute Gasteiger partial charge is 0.445 e. The minimum Gasteiger partial charge on any atom is -0.445 e. The topological polar surface area (TPSA) is 70.7 Å². The van der Waals surface area contributed by atoms with Gasteiger partial charge in [0.1, 0.15) is 6.61 Å². The van der Waals surface area contributed by atoms with Crippen molar-refractivity contribution in [1.82, 2.24) is 15.5 Å². The first kappa shape index (κ1) is 16.3. The number of rotatable bonds is 4. The number of carbonyl (C=O) groups is 2. The van der Waals surface area contributed by atoms with Gasteiger partial charge in [0.15, 0.2) is 6.17 Å². The summed E-state index contributed by atoms with van der Waals surface area (Å²) in [4.78, 5) is 25.7. The van der Waals surface area contributed by atoms with Crippen LogP contribution in [0, 0.1) is 0 Å². The molecule has 120 valence electrons. The van der Waals surface area contributed by atoms with E-state index in [0.717, 1.165) is 18.4 Å². The third kappa shape index (κ3) is 4.46. The van der Waals surface area contributed by atoms with Crippen LogP contribution in [-0.2, 0) is 16.1 Å². The lowest BCUT2D eigenvalue weighted by Crippen LogP contribution is -2.55. The molecule has 6 heteroatoms. The van der Waals surface area contributed by atoms with Crippen LogP contribution in [0.1, 0.15) is 25.3 Å². The maximum Gasteiger partial charge on any atom is 0.409 e. The van der Waals surface area contributed by atoms with E-state index in [4.69, 9.17) is 4.74 Å². The summed E-state index contributed by atoms with van der Waals surface area (Å²) in [7, 11) is 1.74. The number of nitrogens with zero attached hydrogens (tertiary/aromatic N) is 1. The molecule has 0 spiro atoms. The van der Waals surface area contributed by atoms with Crippen molar-refractivity contribution in [3.05, 3.63) is 35.9 Å².